The predicted octanol–water partition coefficient (Wildman–Crippen LogP) is 4.10. The Hall–Kier alpha value is -3.02. The van der Waals surface area contributed by atoms with Crippen LogP contribution in [0, 0.1) is 13.8 Å². The van der Waals surface area contributed by atoms with Gasteiger partial charge in [0, 0.05) is 13.1 Å². The van der Waals surface area contributed by atoms with E-state index in [1.165, 1.54) is 12.7 Å². The van der Waals surface area contributed by atoms with E-state index < -0.39 is 5.97 Å². The lowest BCUT2D eigenvalue weighted by molar-refractivity contribution is -0.116. The molecular weight excluding hydrogens is 368 g/mol. The minimum atomic E-state index is -0.424. The van der Waals surface area contributed by atoms with Crippen LogP contribution in [0.2, 0.25) is 0 Å². The van der Waals surface area contributed by atoms with Gasteiger partial charge in [0.15, 0.2) is 0 Å². The fraction of sp³-hybridized carbons (Fsp3) is 0.391. The number of ether oxygens (including phenoxy) is 2. The van der Waals surface area contributed by atoms with Crippen LogP contribution in [0.4, 0.5) is 11.4 Å². The molecule has 0 bridgehead atoms. The standard InChI is InChI=1S/C23H28N2O4/c1-16-6-9-21(17(2)14-16)29-13-10-22(26)24-19-15-18(23(27)28-3)7-8-20(19)25-11-4-5-12-25/h6-9,14-15H,4-5,10-13H2,1-3H3,(H,24,26). The number of amides is 1. The maximum Gasteiger partial charge on any atom is 0.337 e. The second-order valence-electron chi connectivity index (χ2n) is 7.33. The van der Waals surface area contributed by atoms with Gasteiger partial charge in [0.05, 0.1) is 37.1 Å². The van der Waals surface area contributed by atoms with Crippen molar-refractivity contribution in [1.29, 1.82) is 0 Å². The third-order valence-corrected chi connectivity index (χ3v) is 5.06. The molecule has 2 aromatic rings. The van der Waals surface area contributed by atoms with Crippen molar-refractivity contribution in [3.05, 3.63) is 53.1 Å². The van der Waals surface area contributed by atoms with E-state index in [2.05, 4.69) is 16.3 Å². The van der Waals surface area contributed by atoms with Crippen molar-refractivity contribution in [3.8, 4) is 5.75 Å². The van der Waals surface area contributed by atoms with E-state index in [4.69, 9.17) is 9.47 Å². The number of benzene rings is 2. The number of carbonyl (C=O) groups excluding carboxylic acids is 2. The van der Waals surface area contributed by atoms with Gasteiger partial charge < -0.3 is 19.7 Å². The summed E-state index contributed by atoms with van der Waals surface area (Å²) >= 11 is 0. The van der Waals surface area contributed by atoms with Crippen LogP contribution in [-0.4, -0.2) is 38.7 Å². The van der Waals surface area contributed by atoms with Crippen molar-refractivity contribution in [2.24, 2.45) is 0 Å². The SMILES string of the molecule is COC(=O)c1ccc(N2CCCC2)c(NC(=O)CCOc2ccc(C)cc2C)c1. The number of esters is 1. The molecule has 1 aliphatic rings. The van der Waals surface area contributed by atoms with Gasteiger partial charge in [0.2, 0.25) is 5.91 Å². The highest BCUT2D eigenvalue weighted by Gasteiger charge is 2.19. The van der Waals surface area contributed by atoms with E-state index in [-0.39, 0.29) is 18.9 Å². The van der Waals surface area contributed by atoms with Gasteiger partial charge in [-0.3, -0.25) is 4.79 Å². The molecule has 29 heavy (non-hydrogen) atoms. The highest BCUT2D eigenvalue weighted by Crippen LogP contribution is 2.30. The molecule has 0 saturated carbocycles. The topological polar surface area (TPSA) is 67.9 Å². The van der Waals surface area contributed by atoms with Crippen molar-refractivity contribution in [3.63, 3.8) is 0 Å². The van der Waals surface area contributed by atoms with Crippen LogP contribution in [0.1, 0.15) is 40.7 Å². The Morgan fingerprint density at radius 3 is 2.52 bits per heavy atom. The minimum Gasteiger partial charge on any atom is -0.493 e. The Morgan fingerprint density at radius 2 is 1.83 bits per heavy atom. The molecule has 0 unspecified atom stereocenters. The number of hydrogen-bond acceptors (Lipinski definition) is 5. The van der Waals surface area contributed by atoms with Crippen molar-refractivity contribution in [1.82, 2.24) is 0 Å². The quantitative estimate of drug-likeness (QED) is 0.714. The van der Waals surface area contributed by atoms with Gasteiger partial charge >= 0.3 is 5.97 Å². The first kappa shape index (κ1) is 20.7. The summed E-state index contributed by atoms with van der Waals surface area (Å²) in [6, 6.07) is 11.3. The van der Waals surface area contributed by atoms with E-state index in [9.17, 15) is 9.59 Å². The van der Waals surface area contributed by atoms with Crippen LogP contribution >= 0.6 is 0 Å². The van der Waals surface area contributed by atoms with Crippen LogP contribution in [0.5, 0.6) is 5.75 Å². The summed E-state index contributed by atoms with van der Waals surface area (Å²) in [5.41, 5.74) is 4.20. The maximum absolute atomic E-state index is 12.5. The Bertz CT molecular complexity index is 888. The smallest absolute Gasteiger partial charge is 0.337 e. The van der Waals surface area contributed by atoms with E-state index in [0.717, 1.165) is 42.9 Å². The zero-order valence-electron chi connectivity index (χ0n) is 17.3. The molecule has 1 heterocycles. The molecule has 0 atom stereocenters. The molecule has 1 saturated heterocycles. The lowest BCUT2D eigenvalue weighted by atomic mass is 10.1. The van der Waals surface area contributed by atoms with Crippen LogP contribution in [0.25, 0.3) is 0 Å². The Labute approximate surface area is 171 Å². The second-order valence-corrected chi connectivity index (χ2v) is 7.33. The summed E-state index contributed by atoms with van der Waals surface area (Å²) < 4.78 is 10.6. The molecule has 1 aliphatic heterocycles. The molecule has 0 aliphatic carbocycles. The molecular formula is C23H28N2O4. The number of aryl methyl sites for hydroxylation is 2. The van der Waals surface area contributed by atoms with E-state index in [1.54, 1.807) is 12.1 Å². The number of nitrogens with zero attached hydrogens (tertiary/aromatic N) is 1. The average molecular weight is 396 g/mol. The molecule has 6 heteroatoms. The van der Waals surface area contributed by atoms with Gasteiger partial charge in [-0.1, -0.05) is 17.7 Å². The van der Waals surface area contributed by atoms with Gasteiger partial charge in [-0.2, -0.15) is 0 Å². The summed E-state index contributed by atoms with van der Waals surface area (Å²) in [6.07, 6.45) is 2.46. The fourth-order valence-electron chi connectivity index (χ4n) is 3.54. The largest absolute Gasteiger partial charge is 0.493 e. The third kappa shape index (κ3) is 5.28. The fourth-order valence-corrected chi connectivity index (χ4v) is 3.54. The highest BCUT2D eigenvalue weighted by molar-refractivity contribution is 5.98. The molecule has 1 amide bonds. The van der Waals surface area contributed by atoms with E-state index >= 15 is 0 Å². The summed E-state index contributed by atoms with van der Waals surface area (Å²) in [7, 11) is 1.35. The van der Waals surface area contributed by atoms with Crippen LogP contribution in [0.3, 0.4) is 0 Å². The first-order valence-electron chi connectivity index (χ1n) is 9.95. The van der Waals surface area contributed by atoms with Gasteiger partial charge in [-0.05, 0) is 56.5 Å². The van der Waals surface area contributed by atoms with Crippen molar-refractivity contribution in [2.75, 3.05) is 37.0 Å². The Morgan fingerprint density at radius 1 is 1.07 bits per heavy atom. The van der Waals surface area contributed by atoms with Crippen LogP contribution in [0.15, 0.2) is 36.4 Å². The predicted molar refractivity (Wildman–Crippen MR) is 114 cm³/mol. The zero-order chi connectivity index (χ0) is 20.8. The number of hydrogen-bond donors (Lipinski definition) is 1. The molecule has 1 N–H and O–H groups in total. The van der Waals surface area contributed by atoms with Gasteiger partial charge in [0.1, 0.15) is 5.75 Å². The van der Waals surface area contributed by atoms with E-state index in [0.29, 0.717) is 11.3 Å². The number of carbonyl (C=O) groups is 2. The lowest BCUT2D eigenvalue weighted by Gasteiger charge is -2.22. The third-order valence-electron chi connectivity index (χ3n) is 5.06. The molecule has 3 rings (SSSR count). The first-order valence-corrected chi connectivity index (χ1v) is 9.95. The highest BCUT2D eigenvalue weighted by atomic mass is 16.5. The first-order chi connectivity index (χ1) is 14.0. The normalized spacial score (nSPS) is 13.3. The summed E-state index contributed by atoms with van der Waals surface area (Å²) in [6.45, 7) is 6.19. The maximum atomic E-state index is 12.5. The minimum absolute atomic E-state index is 0.155. The molecule has 1 fully saturated rings. The lowest BCUT2D eigenvalue weighted by Crippen LogP contribution is -2.22. The zero-order valence-corrected chi connectivity index (χ0v) is 17.3. The monoisotopic (exact) mass is 396 g/mol. The van der Waals surface area contributed by atoms with Crippen LogP contribution < -0.4 is 15.0 Å². The van der Waals surface area contributed by atoms with Crippen molar-refractivity contribution < 1.29 is 19.1 Å². The van der Waals surface area contributed by atoms with Crippen molar-refractivity contribution in [2.45, 2.75) is 33.1 Å². The summed E-state index contributed by atoms with van der Waals surface area (Å²) in [5.74, 6) is 0.206. The molecule has 2 aromatic carbocycles. The Balaban J connectivity index is 1.66. The molecule has 154 valence electrons. The second kappa shape index (κ2) is 9.45. The summed E-state index contributed by atoms with van der Waals surface area (Å²) in [5, 5.41) is 2.95. The molecule has 0 aromatic heterocycles. The number of methoxy groups -OCH3 is 1. The summed E-state index contributed by atoms with van der Waals surface area (Å²) in [4.78, 5) is 26.7. The van der Waals surface area contributed by atoms with Crippen molar-refractivity contribution >= 4 is 23.3 Å². The van der Waals surface area contributed by atoms with Gasteiger partial charge in [-0.15, -0.1) is 0 Å². The Kier molecular flexibility index (Phi) is 6.75. The molecule has 6 nitrogen and oxygen atoms in total. The van der Waals surface area contributed by atoms with Gasteiger partial charge in [0.25, 0.3) is 0 Å². The van der Waals surface area contributed by atoms with Crippen LogP contribution in [-0.2, 0) is 9.53 Å². The molecule has 0 spiro atoms. The number of nitrogens with one attached hydrogen (secondary N) is 1. The number of anilines is 2. The van der Waals surface area contributed by atoms with E-state index in [1.807, 2.05) is 32.0 Å². The number of rotatable bonds is 7. The van der Waals surface area contributed by atoms with Gasteiger partial charge in [-0.25, -0.2) is 4.79 Å². The average Bonchev–Trinajstić information content (AvgIpc) is 3.23. The molecule has 0 radical (unpaired) electrons.